The fourth-order valence-corrected chi connectivity index (χ4v) is 2.57. The molecule has 3 N–H and O–H groups in total. The van der Waals surface area contributed by atoms with E-state index in [0.717, 1.165) is 12.1 Å². The first-order valence-electron chi connectivity index (χ1n) is 5.85. The highest BCUT2D eigenvalue weighted by molar-refractivity contribution is 7.80. The van der Waals surface area contributed by atoms with Crippen LogP contribution in [0.3, 0.4) is 0 Å². The van der Waals surface area contributed by atoms with Gasteiger partial charge in [0.25, 0.3) is 11.3 Å². The van der Waals surface area contributed by atoms with Gasteiger partial charge in [-0.1, -0.05) is 6.07 Å². The van der Waals surface area contributed by atoms with E-state index in [9.17, 15) is 17.4 Å². The lowest BCUT2D eigenvalue weighted by Gasteiger charge is -2.06. The van der Waals surface area contributed by atoms with Gasteiger partial charge in [0.15, 0.2) is 0 Å². The van der Waals surface area contributed by atoms with E-state index in [-0.39, 0.29) is 0 Å². The highest BCUT2D eigenvalue weighted by Gasteiger charge is 2.30. The lowest BCUT2D eigenvalue weighted by Crippen LogP contribution is -2.03. The molecule has 110 valence electrons. The second-order valence-electron chi connectivity index (χ2n) is 4.49. The number of halogens is 3. The molecule has 0 aliphatic rings. The van der Waals surface area contributed by atoms with Gasteiger partial charge in [0.05, 0.1) is 11.3 Å². The smallest absolute Gasteiger partial charge is 0.354 e. The highest BCUT2D eigenvalue weighted by atomic mass is 32.2. The maximum atomic E-state index is 12.7. The summed E-state index contributed by atoms with van der Waals surface area (Å²) in [6.07, 6.45) is -4.40. The van der Waals surface area contributed by atoms with Crippen LogP contribution in [0.1, 0.15) is 5.56 Å². The molecule has 0 fully saturated rings. The van der Waals surface area contributed by atoms with Gasteiger partial charge >= 0.3 is 6.18 Å². The molecule has 3 rings (SSSR count). The minimum absolute atomic E-state index is 0.394. The summed E-state index contributed by atoms with van der Waals surface area (Å²) in [6, 6.07) is 8.17. The van der Waals surface area contributed by atoms with Gasteiger partial charge in [-0.05, 0) is 30.3 Å². The number of anilines is 1. The number of rotatable bonds is 2. The van der Waals surface area contributed by atoms with Crippen LogP contribution in [0, 0.1) is 0 Å². The largest absolute Gasteiger partial charge is 0.416 e. The van der Waals surface area contributed by atoms with Crippen molar-refractivity contribution in [2.24, 2.45) is 0 Å². The van der Waals surface area contributed by atoms with Crippen LogP contribution in [0.15, 0.2) is 36.4 Å². The van der Waals surface area contributed by atoms with Crippen molar-refractivity contribution in [3.63, 3.8) is 0 Å². The van der Waals surface area contributed by atoms with Gasteiger partial charge in [-0.25, -0.2) is 4.21 Å². The zero-order valence-corrected chi connectivity index (χ0v) is 11.2. The summed E-state index contributed by atoms with van der Waals surface area (Å²) in [5, 5.41) is 1.07. The Balaban J connectivity index is 2.19. The van der Waals surface area contributed by atoms with Crippen molar-refractivity contribution in [2.45, 2.75) is 6.18 Å². The highest BCUT2D eigenvalue weighted by Crippen LogP contribution is 2.34. The minimum Gasteiger partial charge on any atom is -0.354 e. The quantitative estimate of drug-likeness (QED) is 0.628. The average Bonchev–Trinajstić information content (AvgIpc) is 2.73. The number of hydrogen-bond acceptors (Lipinski definition) is 1. The SMILES string of the molecule is O=S(O)Nc1ccc2c(c1)[nH]c1ccc(C(F)(F)F)cc12. The fourth-order valence-electron chi connectivity index (χ4n) is 2.24. The second-order valence-corrected chi connectivity index (χ2v) is 5.20. The summed E-state index contributed by atoms with van der Waals surface area (Å²) in [7, 11) is 0. The van der Waals surface area contributed by atoms with Crippen LogP contribution >= 0.6 is 0 Å². The van der Waals surface area contributed by atoms with Crippen molar-refractivity contribution in [2.75, 3.05) is 4.72 Å². The Morgan fingerprint density at radius 3 is 2.48 bits per heavy atom. The number of hydrogen-bond donors (Lipinski definition) is 3. The van der Waals surface area contributed by atoms with Crippen LogP contribution in [0.2, 0.25) is 0 Å². The van der Waals surface area contributed by atoms with E-state index in [0.29, 0.717) is 27.5 Å². The molecule has 4 nitrogen and oxygen atoms in total. The number of aromatic amines is 1. The Hall–Kier alpha value is -2.06. The van der Waals surface area contributed by atoms with Crippen LogP contribution in [-0.2, 0) is 17.4 Å². The summed E-state index contributed by atoms with van der Waals surface area (Å²) in [5.74, 6) is 0. The van der Waals surface area contributed by atoms with Gasteiger partial charge in [0.1, 0.15) is 0 Å². The summed E-state index contributed by atoms with van der Waals surface area (Å²) < 4.78 is 60.0. The van der Waals surface area contributed by atoms with E-state index in [1.807, 2.05) is 0 Å². The Bertz CT molecular complexity index is 858. The maximum absolute atomic E-state index is 12.7. The first-order valence-corrected chi connectivity index (χ1v) is 6.95. The van der Waals surface area contributed by atoms with E-state index in [2.05, 4.69) is 9.71 Å². The van der Waals surface area contributed by atoms with Gasteiger partial charge in [-0.3, -0.25) is 9.27 Å². The molecule has 8 heteroatoms. The molecular formula is C13H9F3N2O2S. The van der Waals surface area contributed by atoms with E-state index in [1.54, 1.807) is 12.1 Å². The van der Waals surface area contributed by atoms with Gasteiger partial charge in [0.2, 0.25) is 0 Å². The van der Waals surface area contributed by atoms with Crippen molar-refractivity contribution in [3.05, 3.63) is 42.0 Å². The number of fused-ring (bicyclic) bond motifs is 3. The topological polar surface area (TPSA) is 65.1 Å². The summed E-state index contributed by atoms with van der Waals surface area (Å²) >= 11 is -2.21. The number of nitrogens with one attached hydrogen (secondary N) is 2. The lowest BCUT2D eigenvalue weighted by atomic mass is 10.1. The van der Waals surface area contributed by atoms with Gasteiger partial charge in [0, 0.05) is 21.8 Å². The molecular weight excluding hydrogens is 305 g/mol. The monoisotopic (exact) mass is 314 g/mol. The number of alkyl halides is 3. The molecule has 0 aliphatic carbocycles. The Kier molecular flexibility index (Phi) is 3.14. The van der Waals surface area contributed by atoms with Crippen molar-refractivity contribution in [1.82, 2.24) is 4.98 Å². The van der Waals surface area contributed by atoms with E-state index in [4.69, 9.17) is 4.55 Å². The molecule has 2 aromatic carbocycles. The van der Waals surface area contributed by atoms with E-state index in [1.165, 1.54) is 12.1 Å². The molecule has 1 unspecified atom stereocenters. The third-order valence-corrected chi connectivity index (χ3v) is 3.54. The molecule has 1 heterocycles. The van der Waals surface area contributed by atoms with Gasteiger partial charge in [-0.2, -0.15) is 13.2 Å². The van der Waals surface area contributed by atoms with Crippen LogP contribution in [-0.4, -0.2) is 13.7 Å². The normalized spacial score (nSPS) is 13.7. The Morgan fingerprint density at radius 1 is 1.05 bits per heavy atom. The first kappa shape index (κ1) is 13.9. The van der Waals surface area contributed by atoms with E-state index >= 15 is 0 Å². The molecule has 1 aromatic heterocycles. The molecule has 0 bridgehead atoms. The summed E-state index contributed by atoms with van der Waals surface area (Å²) in [5.41, 5.74) is 0.834. The lowest BCUT2D eigenvalue weighted by molar-refractivity contribution is -0.137. The van der Waals surface area contributed by atoms with Crippen LogP contribution < -0.4 is 4.72 Å². The van der Waals surface area contributed by atoms with Crippen molar-refractivity contribution in [1.29, 1.82) is 0 Å². The number of benzene rings is 2. The third kappa shape index (κ3) is 2.59. The van der Waals surface area contributed by atoms with Gasteiger partial charge < -0.3 is 4.98 Å². The van der Waals surface area contributed by atoms with Crippen LogP contribution in [0.5, 0.6) is 0 Å². The molecule has 0 saturated heterocycles. The zero-order chi connectivity index (χ0) is 15.2. The molecule has 0 aliphatic heterocycles. The second kappa shape index (κ2) is 4.74. The molecule has 1 atom stereocenters. The predicted molar refractivity (Wildman–Crippen MR) is 75.2 cm³/mol. The van der Waals surface area contributed by atoms with Crippen LogP contribution in [0.25, 0.3) is 21.8 Å². The maximum Gasteiger partial charge on any atom is 0.416 e. The molecule has 0 radical (unpaired) electrons. The van der Waals surface area contributed by atoms with Crippen molar-refractivity contribution >= 4 is 38.8 Å². The van der Waals surface area contributed by atoms with Crippen molar-refractivity contribution in [3.8, 4) is 0 Å². The molecule has 21 heavy (non-hydrogen) atoms. The minimum atomic E-state index is -4.40. The number of H-pyrrole nitrogens is 1. The molecule has 3 aromatic rings. The number of aromatic nitrogens is 1. The van der Waals surface area contributed by atoms with Crippen molar-refractivity contribution < 1.29 is 21.9 Å². The first-order chi connectivity index (χ1) is 9.84. The molecule has 0 amide bonds. The molecule has 0 saturated carbocycles. The summed E-state index contributed by atoms with van der Waals surface area (Å²) in [4.78, 5) is 2.98. The van der Waals surface area contributed by atoms with Crippen LogP contribution in [0.4, 0.5) is 18.9 Å². The summed E-state index contributed by atoms with van der Waals surface area (Å²) in [6.45, 7) is 0. The standard InChI is InChI=1S/C13H9F3N2O2S/c14-13(15,16)7-1-4-11-10(5-7)9-3-2-8(18-21(19)20)6-12(9)17-11/h1-6,17-18H,(H,19,20). The third-order valence-electron chi connectivity index (χ3n) is 3.13. The predicted octanol–water partition coefficient (Wildman–Crippen LogP) is 3.89. The Labute approximate surface area is 119 Å². The average molecular weight is 314 g/mol. The van der Waals surface area contributed by atoms with Gasteiger partial charge in [-0.15, -0.1) is 0 Å². The van der Waals surface area contributed by atoms with E-state index < -0.39 is 23.0 Å². The molecule has 0 spiro atoms. The Morgan fingerprint density at radius 2 is 1.81 bits per heavy atom. The zero-order valence-electron chi connectivity index (χ0n) is 10.4. The fraction of sp³-hybridized carbons (Fsp3) is 0.0769.